The van der Waals surface area contributed by atoms with Gasteiger partial charge >= 0.3 is 0 Å². The van der Waals surface area contributed by atoms with E-state index in [1.807, 2.05) is 6.26 Å². The highest BCUT2D eigenvalue weighted by Crippen LogP contribution is 2.09. The Bertz CT molecular complexity index is 559. The molecule has 5 nitrogen and oxygen atoms in total. The number of aromatic nitrogens is 3. The van der Waals surface area contributed by atoms with Crippen molar-refractivity contribution in [1.82, 2.24) is 20.5 Å². The van der Waals surface area contributed by atoms with Crippen LogP contribution in [0.25, 0.3) is 0 Å². The maximum absolute atomic E-state index is 11.8. The zero-order valence-electron chi connectivity index (χ0n) is 10.1. The van der Waals surface area contributed by atoms with Crippen LogP contribution in [0, 0.1) is 0 Å². The first-order valence-electron chi connectivity index (χ1n) is 5.45. The molecule has 1 aromatic carbocycles. The maximum atomic E-state index is 11.8. The molecule has 2 aromatic rings. The van der Waals surface area contributed by atoms with Crippen LogP contribution in [0.2, 0.25) is 5.02 Å². The van der Waals surface area contributed by atoms with Crippen molar-refractivity contribution in [3.05, 3.63) is 46.7 Å². The Morgan fingerprint density at radius 1 is 1.32 bits per heavy atom. The summed E-state index contributed by atoms with van der Waals surface area (Å²) >= 11 is 7.17. The van der Waals surface area contributed by atoms with Crippen molar-refractivity contribution in [3.8, 4) is 0 Å². The second-order valence-electron chi connectivity index (χ2n) is 3.63. The average Bonchev–Trinajstić information content (AvgIpc) is 2.46. The monoisotopic (exact) mass is 294 g/mol. The van der Waals surface area contributed by atoms with Gasteiger partial charge < -0.3 is 5.32 Å². The highest BCUT2D eigenvalue weighted by atomic mass is 35.5. The van der Waals surface area contributed by atoms with Gasteiger partial charge in [0.15, 0.2) is 0 Å². The molecule has 1 heterocycles. The number of hydrogen-bond acceptors (Lipinski definition) is 5. The number of amides is 1. The van der Waals surface area contributed by atoms with Gasteiger partial charge in [-0.05, 0) is 30.5 Å². The van der Waals surface area contributed by atoms with Crippen molar-refractivity contribution in [1.29, 1.82) is 0 Å². The first kappa shape index (κ1) is 13.8. The van der Waals surface area contributed by atoms with Gasteiger partial charge in [0, 0.05) is 10.6 Å². The molecule has 0 saturated carbocycles. The van der Waals surface area contributed by atoms with Gasteiger partial charge in [0.2, 0.25) is 5.16 Å². The molecule has 0 unspecified atom stereocenters. The Kier molecular flexibility index (Phi) is 4.70. The lowest BCUT2D eigenvalue weighted by Gasteiger charge is -2.04. The van der Waals surface area contributed by atoms with Crippen LogP contribution >= 0.6 is 23.4 Å². The quantitative estimate of drug-likeness (QED) is 0.875. The lowest BCUT2D eigenvalue weighted by molar-refractivity contribution is 0.0950. The van der Waals surface area contributed by atoms with Gasteiger partial charge in [0.25, 0.3) is 5.91 Å². The lowest BCUT2D eigenvalue weighted by atomic mass is 10.2. The van der Waals surface area contributed by atoms with Gasteiger partial charge in [0.1, 0.15) is 5.69 Å². The van der Waals surface area contributed by atoms with Gasteiger partial charge in [-0.1, -0.05) is 23.4 Å². The minimum atomic E-state index is -0.188. The number of benzene rings is 1. The molecular formula is C12H11ClN4OS. The number of carbonyl (C=O) groups is 1. The van der Waals surface area contributed by atoms with Gasteiger partial charge in [-0.15, -0.1) is 10.2 Å². The van der Waals surface area contributed by atoms with E-state index in [0.29, 0.717) is 21.4 Å². The third kappa shape index (κ3) is 3.90. The summed E-state index contributed by atoms with van der Waals surface area (Å²) in [6.45, 7) is 0.288. The van der Waals surface area contributed by atoms with Gasteiger partial charge in [-0.25, -0.2) is 4.98 Å². The SMILES string of the molecule is CSc1ncc(CNC(=O)c2ccc(Cl)cc2)nn1. The summed E-state index contributed by atoms with van der Waals surface area (Å²) in [6, 6.07) is 6.67. The fourth-order valence-corrected chi connectivity index (χ4v) is 1.74. The summed E-state index contributed by atoms with van der Waals surface area (Å²) in [5.74, 6) is -0.188. The standard InChI is InChI=1S/C12H11ClN4OS/c1-19-12-15-7-10(16-17-12)6-14-11(18)8-2-4-9(13)5-3-8/h2-5,7H,6H2,1H3,(H,14,18). The van der Waals surface area contributed by atoms with E-state index < -0.39 is 0 Å². The van der Waals surface area contributed by atoms with Crippen molar-refractivity contribution < 1.29 is 4.79 Å². The minimum Gasteiger partial charge on any atom is -0.346 e. The van der Waals surface area contributed by atoms with E-state index in [2.05, 4.69) is 20.5 Å². The predicted octanol–water partition coefficient (Wildman–Crippen LogP) is 2.18. The van der Waals surface area contributed by atoms with Gasteiger partial charge in [0.05, 0.1) is 12.7 Å². The third-order valence-electron chi connectivity index (χ3n) is 2.31. The first-order chi connectivity index (χ1) is 9.19. The molecule has 1 aromatic heterocycles. The Morgan fingerprint density at radius 2 is 2.05 bits per heavy atom. The molecule has 0 saturated heterocycles. The summed E-state index contributed by atoms with van der Waals surface area (Å²) < 4.78 is 0. The Morgan fingerprint density at radius 3 is 2.63 bits per heavy atom. The fourth-order valence-electron chi connectivity index (χ4n) is 1.34. The average molecular weight is 295 g/mol. The molecular weight excluding hydrogens is 284 g/mol. The van der Waals surface area contributed by atoms with E-state index in [9.17, 15) is 4.79 Å². The molecule has 0 bridgehead atoms. The number of rotatable bonds is 4. The molecule has 98 valence electrons. The van der Waals surface area contributed by atoms with E-state index >= 15 is 0 Å². The van der Waals surface area contributed by atoms with Crippen LogP contribution in [0.4, 0.5) is 0 Å². The lowest BCUT2D eigenvalue weighted by Crippen LogP contribution is -2.23. The fraction of sp³-hybridized carbons (Fsp3) is 0.167. The number of nitrogens with zero attached hydrogens (tertiary/aromatic N) is 3. The van der Waals surface area contributed by atoms with Gasteiger partial charge in [-0.2, -0.15) is 0 Å². The second kappa shape index (κ2) is 6.49. The normalized spacial score (nSPS) is 10.2. The highest BCUT2D eigenvalue weighted by Gasteiger charge is 2.06. The van der Waals surface area contributed by atoms with E-state index in [-0.39, 0.29) is 12.5 Å². The molecule has 0 atom stereocenters. The second-order valence-corrected chi connectivity index (χ2v) is 4.84. The predicted molar refractivity (Wildman–Crippen MR) is 74.2 cm³/mol. The molecule has 1 N–H and O–H groups in total. The van der Waals surface area contributed by atoms with Crippen LogP contribution in [-0.4, -0.2) is 27.3 Å². The molecule has 0 spiro atoms. The van der Waals surface area contributed by atoms with Crippen LogP contribution in [0.15, 0.2) is 35.6 Å². The Balaban J connectivity index is 1.94. The number of thioether (sulfide) groups is 1. The smallest absolute Gasteiger partial charge is 0.251 e. The van der Waals surface area contributed by atoms with Crippen molar-refractivity contribution in [2.24, 2.45) is 0 Å². The van der Waals surface area contributed by atoms with Crippen LogP contribution < -0.4 is 5.32 Å². The molecule has 0 aliphatic rings. The van der Waals surface area contributed by atoms with Crippen LogP contribution in [0.5, 0.6) is 0 Å². The van der Waals surface area contributed by atoms with E-state index in [0.717, 1.165) is 0 Å². The van der Waals surface area contributed by atoms with Crippen molar-refractivity contribution in [2.75, 3.05) is 6.26 Å². The molecule has 0 aliphatic carbocycles. The summed E-state index contributed by atoms with van der Waals surface area (Å²) in [4.78, 5) is 15.9. The molecule has 2 rings (SSSR count). The molecule has 0 fully saturated rings. The largest absolute Gasteiger partial charge is 0.346 e. The Labute approximate surface area is 119 Å². The number of halogens is 1. The zero-order chi connectivity index (χ0) is 13.7. The van der Waals surface area contributed by atoms with E-state index in [1.54, 1.807) is 30.5 Å². The molecule has 7 heteroatoms. The molecule has 0 aliphatic heterocycles. The molecule has 1 amide bonds. The summed E-state index contributed by atoms with van der Waals surface area (Å²) in [5.41, 5.74) is 1.16. The van der Waals surface area contributed by atoms with E-state index in [1.165, 1.54) is 11.8 Å². The van der Waals surface area contributed by atoms with Crippen LogP contribution in [-0.2, 0) is 6.54 Å². The molecule has 19 heavy (non-hydrogen) atoms. The summed E-state index contributed by atoms with van der Waals surface area (Å²) in [7, 11) is 0. The Hall–Kier alpha value is -1.66. The van der Waals surface area contributed by atoms with Crippen LogP contribution in [0.3, 0.4) is 0 Å². The summed E-state index contributed by atoms with van der Waals surface area (Å²) in [5, 5.41) is 11.8. The minimum absolute atomic E-state index is 0.188. The van der Waals surface area contributed by atoms with Crippen molar-refractivity contribution >= 4 is 29.3 Å². The number of hydrogen-bond donors (Lipinski definition) is 1. The molecule has 0 radical (unpaired) electrons. The summed E-state index contributed by atoms with van der Waals surface area (Å²) in [6.07, 6.45) is 3.47. The first-order valence-corrected chi connectivity index (χ1v) is 7.05. The highest BCUT2D eigenvalue weighted by molar-refractivity contribution is 7.98. The number of nitrogens with one attached hydrogen (secondary N) is 1. The van der Waals surface area contributed by atoms with Crippen molar-refractivity contribution in [3.63, 3.8) is 0 Å². The topological polar surface area (TPSA) is 67.8 Å². The maximum Gasteiger partial charge on any atom is 0.251 e. The van der Waals surface area contributed by atoms with E-state index in [4.69, 9.17) is 11.6 Å². The number of carbonyl (C=O) groups excluding carboxylic acids is 1. The third-order valence-corrected chi connectivity index (χ3v) is 3.11. The van der Waals surface area contributed by atoms with Gasteiger partial charge in [-0.3, -0.25) is 4.79 Å². The van der Waals surface area contributed by atoms with Crippen molar-refractivity contribution in [2.45, 2.75) is 11.7 Å². The van der Waals surface area contributed by atoms with Crippen LogP contribution in [0.1, 0.15) is 16.1 Å². The zero-order valence-corrected chi connectivity index (χ0v) is 11.7.